The topological polar surface area (TPSA) is 93.8 Å². The number of aryl methyl sites for hydroxylation is 1. The maximum atomic E-state index is 13.0. The van der Waals surface area contributed by atoms with E-state index in [0.29, 0.717) is 49.1 Å². The molecule has 0 spiro atoms. The average Bonchev–Trinajstić information content (AvgIpc) is 3.12. The monoisotopic (exact) mass is 479 g/mol. The normalized spacial score (nSPS) is 14.4. The number of amides is 4. The summed E-state index contributed by atoms with van der Waals surface area (Å²) >= 11 is 1.32. The maximum absolute atomic E-state index is 13.0. The second-order valence-corrected chi connectivity index (χ2v) is 10.1. The van der Waals surface area contributed by atoms with Crippen molar-refractivity contribution < 1.29 is 14.4 Å². The van der Waals surface area contributed by atoms with E-state index in [2.05, 4.69) is 27.8 Å². The third-order valence-corrected chi connectivity index (χ3v) is 6.78. The maximum Gasteiger partial charge on any atom is 0.319 e. The van der Waals surface area contributed by atoms with Gasteiger partial charge >= 0.3 is 6.03 Å². The van der Waals surface area contributed by atoms with E-state index < -0.39 is 0 Å². The molecule has 3 N–H and O–H groups in total. The molecule has 1 aliphatic rings. The van der Waals surface area contributed by atoms with Gasteiger partial charge in [-0.05, 0) is 38.8 Å². The first-order valence-corrected chi connectivity index (χ1v) is 13.1. The fourth-order valence-electron chi connectivity index (χ4n) is 3.84. The van der Waals surface area contributed by atoms with Crippen molar-refractivity contribution in [2.45, 2.75) is 72.3 Å². The van der Waals surface area contributed by atoms with Crippen LogP contribution in [0.2, 0.25) is 0 Å². The van der Waals surface area contributed by atoms with E-state index in [1.165, 1.54) is 37.0 Å². The van der Waals surface area contributed by atoms with Crippen molar-refractivity contribution in [2.24, 2.45) is 0 Å². The van der Waals surface area contributed by atoms with Crippen LogP contribution in [0.1, 0.15) is 74.5 Å². The van der Waals surface area contributed by atoms with Crippen molar-refractivity contribution in [3.63, 3.8) is 0 Å². The molecule has 8 nitrogen and oxygen atoms in total. The number of nitrogens with zero attached hydrogens (tertiary/aromatic N) is 2. The molecular weight excluding hydrogens is 438 g/mol. The minimum Gasteiger partial charge on any atom is -0.353 e. The first-order valence-electron chi connectivity index (χ1n) is 12.3. The summed E-state index contributed by atoms with van der Waals surface area (Å²) in [6, 6.07) is 1.76. The Morgan fingerprint density at radius 1 is 1.03 bits per heavy atom. The predicted octanol–water partition coefficient (Wildman–Crippen LogP) is 3.82. The molecule has 9 heteroatoms. The molecule has 0 atom stereocenters. The minimum atomic E-state index is -0.225. The number of rotatable bonds is 12. The number of carbonyl (C=O) groups excluding carboxylic acids is 3. The van der Waals surface area contributed by atoms with Crippen LogP contribution < -0.4 is 16.0 Å². The molecule has 1 aromatic rings. The highest BCUT2D eigenvalue weighted by molar-refractivity contribution is 7.18. The van der Waals surface area contributed by atoms with Crippen LogP contribution in [0.15, 0.2) is 6.07 Å². The van der Waals surface area contributed by atoms with Crippen molar-refractivity contribution in [3.05, 3.63) is 16.5 Å². The van der Waals surface area contributed by atoms with Crippen LogP contribution in [-0.2, 0) is 4.79 Å². The van der Waals surface area contributed by atoms with Crippen LogP contribution >= 0.6 is 11.3 Å². The summed E-state index contributed by atoms with van der Waals surface area (Å²) < 4.78 is 0. The number of carbonyl (C=O) groups is 3. The van der Waals surface area contributed by atoms with E-state index in [0.717, 1.165) is 18.4 Å². The standard InChI is InChI=1S/C24H41N5O3S/c1-5-6-7-8-9-10-11-25-24(32)27-21-16-19(4)22(33-21)23(31)29-14-12-28(13-15-29)17-20(30)26-18(2)3/h16,18H,5-15,17H2,1-4H3,(H,26,30)(H2,25,27,32). The largest absolute Gasteiger partial charge is 0.353 e. The lowest BCUT2D eigenvalue weighted by Crippen LogP contribution is -2.51. The number of hydrogen-bond donors (Lipinski definition) is 3. The molecule has 4 amide bonds. The Labute approximate surface area is 202 Å². The summed E-state index contributed by atoms with van der Waals surface area (Å²) in [5, 5.41) is 9.34. The van der Waals surface area contributed by atoms with Gasteiger partial charge < -0.3 is 15.5 Å². The number of piperazine rings is 1. The quantitative estimate of drug-likeness (QED) is 0.397. The molecule has 0 unspecified atom stereocenters. The van der Waals surface area contributed by atoms with Crippen molar-refractivity contribution in [3.8, 4) is 0 Å². The first-order chi connectivity index (χ1) is 15.8. The van der Waals surface area contributed by atoms with Gasteiger partial charge in [0, 0.05) is 38.8 Å². The first kappa shape index (κ1) is 27.1. The number of anilines is 1. The lowest BCUT2D eigenvalue weighted by molar-refractivity contribution is -0.123. The zero-order chi connectivity index (χ0) is 24.2. The van der Waals surface area contributed by atoms with E-state index in [1.807, 2.05) is 31.7 Å². The molecular formula is C24H41N5O3S. The van der Waals surface area contributed by atoms with E-state index in [1.54, 1.807) is 0 Å². The van der Waals surface area contributed by atoms with E-state index in [9.17, 15) is 14.4 Å². The van der Waals surface area contributed by atoms with Gasteiger partial charge in [0.15, 0.2) is 0 Å². The molecule has 1 aromatic heterocycles. The van der Waals surface area contributed by atoms with Gasteiger partial charge in [-0.25, -0.2) is 4.79 Å². The van der Waals surface area contributed by atoms with Crippen molar-refractivity contribution in [2.75, 3.05) is 44.6 Å². The van der Waals surface area contributed by atoms with Gasteiger partial charge in [-0.1, -0.05) is 39.0 Å². The number of hydrogen-bond acceptors (Lipinski definition) is 5. The highest BCUT2D eigenvalue weighted by atomic mass is 32.1. The van der Waals surface area contributed by atoms with Crippen LogP contribution in [0.25, 0.3) is 0 Å². The second-order valence-electron chi connectivity index (χ2n) is 9.06. The van der Waals surface area contributed by atoms with Crippen LogP contribution in [0.3, 0.4) is 0 Å². The molecule has 0 aliphatic carbocycles. The van der Waals surface area contributed by atoms with Crippen molar-refractivity contribution in [1.29, 1.82) is 0 Å². The summed E-state index contributed by atoms with van der Waals surface area (Å²) in [4.78, 5) is 41.7. The summed E-state index contributed by atoms with van der Waals surface area (Å²) in [5.74, 6) is 0.00804. The Morgan fingerprint density at radius 2 is 1.70 bits per heavy atom. The van der Waals surface area contributed by atoms with Gasteiger partial charge in [0.2, 0.25) is 5.91 Å². The van der Waals surface area contributed by atoms with E-state index in [-0.39, 0.29) is 23.9 Å². The highest BCUT2D eigenvalue weighted by Crippen LogP contribution is 2.28. The fourth-order valence-corrected chi connectivity index (χ4v) is 4.88. The van der Waals surface area contributed by atoms with Gasteiger partial charge in [0.25, 0.3) is 5.91 Å². The third-order valence-electron chi connectivity index (χ3n) is 5.64. The molecule has 2 rings (SSSR count). The van der Waals surface area contributed by atoms with Gasteiger partial charge in [-0.2, -0.15) is 0 Å². The summed E-state index contributed by atoms with van der Waals surface area (Å²) in [5.41, 5.74) is 0.870. The molecule has 0 bridgehead atoms. The Bertz CT molecular complexity index is 772. The van der Waals surface area contributed by atoms with E-state index in [4.69, 9.17) is 0 Å². The lowest BCUT2D eigenvalue weighted by Gasteiger charge is -2.34. The molecule has 186 valence electrons. The fraction of sp³-hybridized carbons (Fsp3) is 0.708. The Morgan fingerprint density at radius 3 is 2.36 bits per heavy atom. The Hall–Kier alpha value is -2.13. The Kier molecular flexibility index (Phi) is 11.7. The summed E-state index contributed by atoms with van der Waals surface area (Å²) in [7, 11) is 0. The molecule has 1 saturated heterocycles. The van der Waals surface area contributed by atoms with Crippen molar-refractivity contribution >= 4 is 34.2 Å². The SMILES string of the molecule is CCCCCCCCNC(=O)Nc1cc(C)c(C(=O)N2CCN(CC(=O)NC(C)C)CC2)s1. The summed E-state index contributed by atoms with van der Waals surface area (Å²) in [6.07, 6.45) is 7.10. The minimum absolute atomic E-state index is 0.00989. The van der Waals surface area contributed by atoms with Crippen LogP contribution in [-0.4, -0.2) is 73.0 Å². The van der Waals surface area contributed by atoms with Crippen LogP contribution in [0.5, 0.6) is 0 Å². The average molecular weight is 480 g/mol. The third kappa shape index (κ3) is 9.71. The second kappa shape index (κ2) is 14.2. The van der Waals surface area contributed by atoms with E-state index >= 15 is 0 Å². The zero-order valence-corrected chi connectivity index (χ0v) is 21.5. The van der Waals surface area contributed by atoms with Gasteiger partial charge in [0.1, 0.15) is 0 Å². The van der Waals surface area contributed by atoms with Crippen LogP contribution in [0, 0.1) is 6.92 Å². The molecule has 0 aromatic carbocycles. The number of unbranched alkanes of at least 4 members (excludes halogenated alkanes) is 5. The molecule has 1 aliphatic heterocycles. The van der Waals surface area contributed by atoms with Gasteiger partial charge in [0.05, 0.1) is 16.4 Å². The highest BCUT2D eigenvalue weighted by Gasteiger charge is 2.26. The predicted molar refractivity (Wildman–Crippen MR) is 135 cm³/mol. The number of thiophene rings is 1. The number of nitrogens with one attached hydrogen (secondary N) is 3. The Balaban J connectivity index is 1.75. The smallest absolute Gasteiger partial charge is 0.319 e. The van der Waals surface area contributed by atoms with Crippen molar-refractivity contribution in [1.82, 2.24) is 20.4 Å². The molecule has 0 saturated carbocycles. The zero-order valence-electron chi connectivity index (χ0n) is 20.7. The van der Waals surface area contributed by atoms with Crippen LogP contribution in [0.4, 0.5) is 9.80 Å². The van der Waals surface area contributed by atoms with Gasteiger partial charge in [-0.3, -0.25) is 19.8 Å². The summed E-state index contributed by atoms with van der Waals surface area (Å²) in [6.45, 7) is 11.5. The molecule has 1 fully saturated rings. The lowest BCUT2D eigenvalue weighted by atomic mass is 10.1. The molecule has 2 heterocycles. The molecule has 33 heavy (non-hydrogen) atoms. The van der Waals surface area contributed by atoms with Gasteiger partial charge in [-0.15, -0.1) is 11.3 Å². The number of urea groups is 1. The molecule has 0 radical (unpaired) electrons.